The van der Waals surface area contributed by atoms with Crippen LogP contribution in [0, 0.1) is 0 Å². The Morgan fingerprint density at radius 3 is 2.30 bits per heavy atom. The maximum Gasteiger partial charge on any atom is 0.237 e. The summed E-state index contributed by atoms with van der Waals surface area (Å²) in [5.41, 5.74) is 4.70. The monoisotopic (exact) mass is 280 g/mol. The van der Waals surface area contributed by atoms with Crippen LogP contribution in [0.5, 0.6) is 11.5 Å². The zero-order valence-electron chi connectivity index (χ0n) is 12.6. The molecule has 0 fully saturated rings. The standard InChI is InChI=1S/C15H24N2O3/c1-11(2)17-15(3,14(16)18)9-10-20-13-7-5-12(19-4)6-8-13/h5-8,11,17H,9-10H2,1-4H3,(H2,16,18). The van der Waals surface area contributed by atoms with Gasteiger partial charge in [-0.15, -0.1) is 0 Å². The Labute approximate surface area is 120 Å². The lowest BCUT2D eigenvalue weighted by atomic mass is 9.96. The second-order valence-electron chi connectivity index (χ2n) is 5.27. The average Bonchev–Trinajstić information content (AvgIpc) is 2.38. The van der Waals surface area contributed by atoms with Gasteiger partial charge in [0.15, 0.2) is 0 Å². The first-order valence-corrected chi connectivity index (χ1v) is 6.72. The summed E-state index contributed by atoms with van der Waals surface area (Å²) in [5.74, 6) is 1.15. The minimum absolute atomic E-state index is 0.175. The minimum atomic E-state index is -0.763. The van der Waals surface area contributed by atoms with E-state index in [0.29, 0.717) is 13.0 Å². The molecule has 0 heterocycles. The molecule has 5 nitrogen and oxygen atoms in total. The van der Waals surface area contributed by atoms with Gasteiger partial charge in [-0.1, -0.05) is 0 Å². The van der Waals surface area contributed by atoms with Gasteiger partial charge in [-0.2, -0.15) is 0 Å². The summed E-state index contributed by atoms with van der Waals surface area (Å²) < 4.78 is 10.7. The number of nitrogens with two attached hydrogens (primary N) is 1. The van der Waals surface area contributed by atoms with Crippen molar-refractivity contribution in [3.8, 4) is 11.5 Å². The number of methoxy groups -OCH3 is 1. The number of hydrogen-bond acceptors (Lipinski definition) is 4. The molecule has 1 unspecified atom stereocenters. The molecule has 1 aromatic carbocycles. The van der Waals surface area contributed by atoms with Crippen molar-refractivity contribution in [1.82, 2.24) is 5.32 Å². The number of benzene rings is 1. The van der Waals surface area contributed by atoms with E-state index in [4.69, 9.17) is 15.2 Å². The number of ether oxygens (including phenoxy) is 2. The molecular formula is C15H24N2O3. The van der Waals surface area contributed by atoms with Crippen molar-refractivity contribution >= 4 is 5.91 Å². The summed E-state index contributed by atoms with van der Waals surface area (Å²) >= 11 is 0. The lowest BCUT2D eigenvalue weighted by Crippen LogP contribution is -2.56. The van der Waals surface area contributed by atoms with Crippen LogP contribution >= 0.6 is 0 Å². The predicted octanol–water partition coefficient (Wildman–Crippen LogP) is 1.71. The van der Waals surface area contributed by atoms with E-state index < -0.39 is 5.54 Å². The highest BCUT2D eigenvalue weighted by Gasteiger charge is 2.31. The van der Waals surface area contributed by atoms with Gasteiger partial charge >= 0.3 is 0 Å². The Bertz CT molecular complexity index is 431. The first-order chi connectivity index (χ1) is 9.37. The van der Waals surface area contributed by atoms with Crippen molar-refractivity contribution in [2.24, 2.45) is 5.73 Å². The molecule has 1 aromatic rings. The zero-order valence-corrected chi connectivity index (χ0v) is 12.6. The molecule has 0 aromatic heterocycles. The van der Waals surface area contributed by atoms with Gasteiger partial charge in [-0.25, -0.2) is 0 Å². The van der Waals surface area contributed by atoms with Gasteiger partial charge in [-0.05, 0) is 45.0 Å². The van der Waals surface area contributed by atoms with Crippen molar-refractivity contribution in [3.63, 3.8) is 0 Å². The third-order valence-corrected chi connectivity index (χ3v) is 3.08. The van der Waals surface area contributed by atoms with E-state index in [1.165, 1.54) is 0 Å². The molecule has 5 heteroatoms. The molecule has 3 N–H and O–H groups in total. The number of carbonyl (C=O) groups excluding carboxylic acids is 1. The molecule has 0 saturated carbocycles. The molecule has 1 atom stereocenters. The highest BCUT2D eigenvalue weighted by atomic mass is 16.5. The van der Waals surface area contributed by atoms with Crippen LogP contribution in [0.15, 0.2) is 24.3 Å². The molecule has 0 saturated heterocycles. The summed E-state index contributed by atoms with van der Waals surface area (Å²) in [5, 5.41) is 3.19. The summed E-state index contributed by atoms with van der Waals surface area (Å²) in [6.07, 6.45) is 0.506. The Kier molecular flexibility index (Phi) is 5.82. The van der Waals surface area contributed by atoms with Gasteiger partial charge in [0, 0.05) is 12.5 Å². The number of hydrogen-bond donors (Lipinski definition) is 2. The van der Waals surface area contributed by atoms with Crippen LogP contribution in [-0.2, 0) is 4.79 Å². The van der Waals surface area contributed by atoms with E-state index in [1.807, 2.05) is 38.1 Å². The Morgan fingerprint density at radius 1 is 1.30 bits per heavy atom. The van der Waals surface area contributed by atoms with E-state index in [1.54, 1.807) is 14.0 Å². The van der Waals surface area contributed by atoms with E-state index in [2.05, 4.69) is 5.32 Å². The Balaban J connectivity index is 2.53. The number of carbonyl (C=O) groups is 1. The van der Waals surface area contributed by atoms with E-state index >= 15 is 0 Å². The number of rotatable bonds is 8. The van der Waals surface area contributed by atoms with Crippen LogP contribution < -0.4 is 20.5 Å². The third-order valence-electron chi connectivity index (χ3n) is 3.08. The number of nitrogens with one attached hydrogen (secondary N) is 1. The Hall–Kier alpha value is -1.75. The number of primary amides is 1. The van der Waals surface area contributed by atoms with Gasteiger partial charge in [-0.3, -0.25) is 4.79 Å². The summed E-state index contributed by atoms with van der Waals surface area (Å²) in [7, 11) is 1.62. The molecule has 1 amide bonds. The van der Waals surface area contributed by atoms with Gasteiger partial charge in [0.2, 0.25) is 5.91 Å². The van der Waals surface area contributed by atoms with E-state index in [-0.39, 0.29) is 11.9 Å². The fourth-order valence-electron chi connectivity index (χ4n) is 1.95. The maximum atomic E-state index is 11.6. The maximum absolute atomic E-state index is 11.6. The van der Waals surface area contributed by atoms with Gasteiger partial charge in [0.05, 0.1) is 19.3 Å². The summed E-state index contributed by atoms with van der Waals surface area (Å²) in [6.45, 7) is 6.16. The van der Waals surface area contributed by atoms with E-state index in [9.17, 15) is 4.79 Å². The zero-order chi connectivity index (χ0) is 15.2. The van der Waals surface area contributed by atoms with Crippen LogP contribution in [0.25, 0.3) is 0 Å². The molecule has 0 bridgehead atoms. The molecule has 20 heavy (non-hydrogen) atoms. The van der Waals surface area contributed by atoms with Crippen molar-refractivity contribution in [1.29, 1.82) is 0 Å². The van der Waals surface area contributed by atoms with Crippen molar-refractivity contribution < 1.29 is 14.3 Å². The second kappa shape index (κ2) is 7.14. The fraction of sp³-hybridized carbons (Fsp3) is 0.533. The van der Waals surface area contributed by atoms with Crippen LogP contribution in [0.1, 0.15) is 27.2 Å². The van der Waals surface area contributed by atoms with Crippen LogP contribution in [0.4, 0.5) is 0 Å². The average molecular weight is 280 g/mol. The first kappa shape index (κ1) is 16.3. The third kappa shape index (κ3) is 4.74. The summed E-state index contributed by atoms with van der Waals surface area (Å²) in [4.78, 5) is 11.6. The lowest BCUT2D eigenvalue weighted by Gasteiger charge is -2.29. The molecule has 112 valence electrons. The summed E-state index contributed by atoms with van der Waals surface area (Å²) in [6, 6.07) is 7.49. The molecule has 1 rings (SSSR count). The molecular weight excluding hydrogens is 256 g/mol. The van der Waals surface area contributed by atoms with Gasteiger partial charge in [0.25, 0.3) is 0 Å². The van der Waals surface area contributed by atoms with Gasteiger partial charge < -0.3 is 20.5 Å². The number of amides is 1. The van der Waals surface area contributed by atoms with Crippen molar-refractivity contribution in [2.45, 2.75) is 38.8 Å². The normalized spacial score (nSPS) is 13.8. The topological polar surface area (TPSA) is 73.6 Å². The largest absolute Gasteiger partial charge is 0.497 e. The fourth-order valence-corrected chi connectivity index (χ4v) is 1.95. The van der Waals surface area contributed by atoms with Crippen LogP contribution in [-0.4, -0.2) is 31.2 Å². The molecule has 0 aliphatic rings. The van der Waals surface area contributed by atoms with Gasteiger partial charge in [0.1, 0.15) is 11.5 Å². The molecule has 0 aliphatic heterocycles. The highest BCUT2D eigenvalue weighted by molar-refractivity contribution is 5.84. The smallest absolute Gasteiger partial charge is 0.237 e. The van der Waals surface area contributed by atoms with Crippen molar-refractivity contribution in [3.05, 3.63) is 24.3 Å². The molecule has 0 aliphatic carbocycles. The Morgan fingerprint density at radius 2 is 1.85 bits per heavy atom. The van der Waals surface area contributed by atoms with Crippen molar-refractivity contribution in [2.75, 3.05) is 13.7 Å². The quantitative estimate of drug-likeness (QED) is 0.760. The van der Waals surface area contributed by atoms with Crippen LogP contribution in [0.3, 0.4) is 0 Å². The highest BCUT2D eigenvalue weighted by Crippen LogP contribution is 2.18. The van der Waals surface area contributed by atoms with Crippen LogP contribution in [0.2, 0.25) is 0 Å². The second-order valence-corrected chi connectivity index (χ2v) is 5.27. The SMILES string of the molecule is COc1ccc(OCCC(C)(NC(C)C)C(N)=O)cc1. The minimum Gasteiger partial charge on any atom is -0.497 e. The molecule has 0 radical (unpaired) electrons. The van der Waals surface area contributed by atoms with E-state index in [0.717, 1.165) is 11.5 Å². The molecule has 0 spiro atoms. The lowest BCUT2D eigenvalue weighted by molar-refractivity contribution is -0.124. The first-order valence-electron chi connectivity index (χ1n) is 6.72. The predicted molar refractivity (Wildman–Crippen MR) is 79.0 cm³/mol.